The van der Waals surface area contributed by atoms with Crippen molar-refractivity contribution in [2.45, 2.75) is 0 Å². The third kappa shape index (κ3) is 3.89. The number of nitrogens with two attached hydrogens (primary N) is 1. The molecule has 8 heteroatoms. The number of hydrogen-bond donors (Lipinski definition) is 3. The minimum Gasteiger partial charge on any atom is -0.495 e. The van der Waals surface area contributed by atoms with Gasteiger partial charge in [0.25, 0.3) is 0 Å². The summed E-state index contributed by atoms with van der Waals surface area (Å²) in [5.41, 5.74) is 7.71. The number of hydrogen-bond acceptors (Lipinski definition) is 6. The van der Waals surface area contributed by atoms with E-state index in [1.165, 1.54) is 18.5 Å². The minimum absolute atomic E-state index is 0.300. The maximum Gasteiger partial charge on any atom is 0.159 e. The highest BCUT2D eigenvalue weighted by Crippen LogP contribution is 2.33. The molecular weight excluding hydrogens is 345 g/mol. The van der Waals surface area contributed by atoms with Gasteiger partial charge in [-0.1, -0.05) is 11.6 Å². The quantitative estimate of drug-likeness (QED) is 0.628. The molecule has 0 atom stereocenters. The summed E-state index contributed by atoms with van der Waals surface area (Å²) in [5.74, 6) is 1.05. The van der Waals surface area contributed by atoms with Crippen molar-refractivity contribution in [2.24, 2.45) is 0 Å². The Labute approximate surface area is 148 Å². The van der Waals surface area contributed by atoms with E-state index in [1.807, 2.05) is 0 Å². The number of methoxy groups -OCH3 is 1. The normalized spacial score (nSPS) is 10.4. The molecule has 1 aromatic heterocycles. The van der Waals surface area contributed by atoms with Crippen molar-refractivity contribution in [1.29, 1.82) is 0 Å². The monoisotopic (exact) mass is 359 g/mol. The molecule has 0 fully saturated rings. The van der Waals surface area contributed by atoms with E-state index in [0.29, 0.717) is 39.5 Å². The lowest BCUT2D eigenvalue weighted by molar-refractivity contribution is 0.417. The van der Waals surface area contributed by atoms with Crippen LogP contribution in [-0.4, -0.2) is 17.1 Å². The molecule has 0 aliphatic rings. The van der Waals surface area contributed by atoms with E-state index < -0.39 is 0 Å². The smallest absolute Gasteiger partial charge is 0.159 e. The highest BCUT2D eigenvalue weighted by molar-refractivity contribution is 6.31. The summed E-state index contributed by atoms with van der Waals surface area (Å²) in [6, 6.07) is 11.0. The molecule has 0 aliphatic carbocycles. The summed E-state index contributed by atoms with van der Waals surface area (Å²) in [6.45, 7) is 0. The third-order valence-electron chi connectivity index (χ3n) is 3.41. The van der Waals surface area contributed by atoms with Gasteiger partial charge >= 0.3 is 0 Å². The van der Waals surface area contributed by atoms with Crippen LogP contribution in [0, 0.1) is 5.82 Å². The Morgan fingerprint density at radius 3 is 2.40 bits per heavy atom. The zero-order chi connectivity index (χ0) is 17.8. The molecule has 0 saturated carbocycles. The van der Waals surface area contributed by atoms with Crippen molar-refractivity contribution < 1.29 is 9.13 Å². The number of anilines is 5. The van der Waals surface area contributed by atoms with Gasteiger partial charge in [0.15, 0.2) is 11.6 Å². The van der Waals surface area contributed by atoms with Crippen LogP contribution in [0.5, 0.6) is 5.75 Å². The number of ether oxygens (including phenoxy) is 1. The first-order chi connectivity index (χ1) is 12.1. The molecule has 128 valence electrons. The van der Waals surface area contributed by atoms with Gasteiger partial charge in [0.05, 0.1) is 12.8 Å². The van der Waals surface area contributed by atoms with Crippen LogP contribution < -0.4 is 21.1 Å². The maximum absolute atomic E-state index is 13.0. The second-order valence-corrected chi connectivity index (χ2v) is 5.52. The van der Waals surface area contributed by atoms with Gasteiger partial charge in [0.1, 0.15) is 23.6 Å². The zero-order valence-electron chi connectivity index (χ0n) is 13.3. The Bertz CT molecular complexity index is 889. The van der Waals surface area contributed by atoms with Gasteiger partial charge in [-0.25, -0.2) is 14.4 Å². The van der Waals surface area contributed by atoms with Gasteiger partial charge < -0.3 is 21.1 Å². The molecule has 0 saturated heterocycles. The zero-order valence-corrected chi connectivity index (χ0v) is 14.0. The number of nitrogens with one attached hydrogen (secondary N) is 2. The van der Waals surface area contributed by atoms with Gasteiger partial charge in [0, 0.05) is 10.7 Å². The molecule has 0 bridgehead atoms. The number of nitrogens with zero attached hydrogens (tertiary/aromatic N) is 2. The molecule has 0 aliphatic heterocycles. The fourth-order valence-electron chi connectivity index (χ4n) is 2.17. The third-order valence-corrected chi connectivity index (χ3v) is 3.64. The van der Waals surface area contributed by atoms with Crippen molar-refractivity contribution in [3.63, 3.8) is 0 Å². The molecule has 25 heavy (non-hydrogen) atoms. The molecule has 3 aromatic rings. The maximum atomic E-state index is 13.0. The topological polar surface area (TPSA) is 85.1 Å². The van der Waals surface area contributed by atoms with E-state index in [0.717, 1.165) is 0 Å². The van der Waals surface area contributed by atoms with Gasteiger partial charge in [0.2, 0.25) is 0 Å². The molecule has 1 heterocycles. The average molecular weight is 360 g/mol. The molecule has 3 rings (SSSR count). The Balaban J connectivity index is 1.88. The second kappa shape index (κ2) is 7.23. The van der Waals surface area contributed by atoms with E-state index >= 15 is 0 Å². The van der Waals surface area contributed by atoms with Crippen LogP contribution in [0.3, 0.4) is 0 Å². The van der Waals surface area contributed by atoms with Crippen LogP contribution in [0.15, 0.2) is 48.8 Å². The van der Waals surface area contributed by atoms with Crippen molar-refractivity contribution in [3.05, 3.63) is 59.6 Å². The van der Waals surface area contributed by atoms with Crippen molar-refractivity contribution in [3.8, 4) is 5.75 Å². The fourth-order valence-corrected chi connectivity index (χ4v) is 2.34. The van der Waals surface area contributed by atoms with Crippen molar-refractivity contribution in [2.75, 3.05) is 23.5 Å². The summed E-state index contributed by atoms with van der Waals surface area (Å²) >= 11 is 6.03. The lowest BCUT2D eigenvalue weighted by Gasteiger charge is -2.14. The van der Waals surface area contributed by atoms with Crippen LogP contribution in [0.4, 0.5) is 33.1 Å². The Morgan fingerprint density at radius 1 is 1.04 bits per heavy atom. The molecule has 0 amide bonds. The molecule has 6 nitrogen and oxygen atoms in total. The lowest BCUT2D eigenvalue weighted by atomic mass is 10.2. The molecule has 0 unspecified atom stereocenters. The molecule has 2 aromatic carbocycles. The molecule has 4 N–H and O–H groups in total. The van der Waals surface area contributed by atoms with E-state index in [2.05, 4.69) is 20.6 Å². The summed E-state index contributed by atoms with van der Waals surface area (Å²) in [5, 5.41) is 6.65. The first-order valence-corrected chi connectivity index (χ1v) is 7.68. The van der Waals surface area contributed by atoms with E-state index in [1.54, 1.807) is 37.4 Å². The summed E-state index contributed by atoms with van der Waals surface area (Å²) in [4.78, 5) is 8.27. The lowest BCUT2D eigenvalue weighted by Crippen LogP contribution is -2.05. The number of halogens is 2. The second-order valence-electron chi connectivity index (χ2n) is 5.09. The van der Waals surface area contributed by atoms with Gasteiger partial charge in [-0.2, -0.15) is 0 Å². The molecule has 0 spiro atoms. The first-order valence-electron chi connectivity index (χ1n) is 7.30. The van der Waals surface area contributed by atoms with Crippen LogP contribution >= 0.6 is 11.6 Å². The van der Waals surface area contributed by atoms with E-state index in [-0.39, 0.29) is 5.82 Å². The SMILES string of the molecule is COc1ccc(Cl)cc1Nc1ncnc(Nc2ccc(F)cc2)c1N. The van der Waals surface area contributed by atoms with Gasteiger partial charge in [-0.05, 0) is 42.5 Å². The summed E-state index contributed by atoms with van der Waals surface area (Å²) in [7, 11) is 1.55. The number of rotatable bonds is 5. The van der Waals surface area contributed by atoms with Gasteiger partial charge in [-0.15, -0.1) is 0 Å². The Kier molecular flexibility index (Phi) is 4.85. The summed E-state index contributed by atoms with van der Waals surface area (Å²) < 4.78 is 18.3. The standard InChI is InChI=1S/C17H15ClFN5O/c1-25-14-7-2-10(18)8-13(14)24-17-15(20)16(21-9-22-17)23-12-5-3-11(19)4-6-12/h2-9H,20H2,1H3,(H2,21,22,23,24). The molecular formula is C17H15ClFN5O. The Morgan fingerprint density at radius 2 is 1.72 bits per heavy atom. The molecule has 0 radical (unpaired) electrons. The summed E-state index contributed by atoms with van der Waals surface area (Å²) in [6.07, 6.45) is 1.36. The average Bonchev–Trinajstić information content (AvgIpc) is 2.60. The van der Waals surface area contributed by atoms with Crippen LogP contribution in [-0.2, 0) is 0 Å². The highest BCUT2D eigenvalue weighted by Gasteiger charge is 2.11. The number of benzene rings is 2. The van der Waals surface area contributed by atoms with E-state index in [4.69, 9.17) is 22.1 Å². The highest BCUT2D eigenvalue weighted by atomic mass is 35.5. The van der Waals surface area contributed by atoms with Gasteiger partial charge in [-0.3, -0.25) is 0 Å². The Hall–Kier alpha value is -3.06. The predicted octanol–water partition coefficient (Wildman–Crippen LogP) is 4.35. The van der Waals surface area contributed by atoms with Crippen LogP contribution in [0.25, 0.3) is 0 Å². The minimum atomic E-state index is -0.323. The van der Waals surface area contributed by atoms with Crippen LogP contribution in [0.2, 0.25) is 5.02 Å². The van der Waals surface area contributed by atoms with Crippen LogP contribution in [0.1, 0.15) is 0 Å². The first kappa shape index (κ1) is 16.8. The number of aromatic nitrogens is 2. The van der Waals surface area contributed by atoms with E-state index in [9.17, 15) is 4.39 Å². The van der Waals surface area contributed by atoms with Crippen molar-refractivity contribution in [1.82, 2.24) is 9.97 Å². The fraction of sp³-hybridized carbons (Fsp3) is 0.0588. The largest absolute Gasteiger partial charge is 0.495 e. The number of nitrogen functional groups attached to an aromatic ring is 1. The van der Waals surface area contributed by atoms with Crippen molar-refractivity contribution >= 4 is 40.3 Å². The predicted molar refractivity (Wildman–Crippen MR) is 97.4 cm³/mol.